The Morgan fingerprint density at radius 2 is 1.68 bits per heavy atom. The molecule has 2 rings (SSSR count). The Morgan fingerprint density at radius 3 is 2.21 bits per heavy atom. The number of carbonyl (C=O) groups is 3. The van der Waals surface area contributed by atoms with Gasteiger partial charge in [-0.2, -0.15) is 0 Å². The van der Waals surface area contributed by atoms with Gasteiger partial charge in [-0.25, -0.2) is 4.79 Å². The SMILES string of the molecule is CCCN(C(=O)C(CC(C)C)NC(=O)OC(C)(C)C)C(C(=O)Nc1ccc(OC)cc1)c1cccc(C)c1. The first-order valence-corrected chi connectivity index (χ1v) is 13.2. The van der Waals surface area contributed by atoms with Crippen LogP contribution in [0, 0.1) is 12.8 Å². The summed E-state index contributed by atoms with van der Waals surface area (Å²) in [5.41, 5.74) is 1.54. The highest BCUT2D eigenvalue weighted by Gasteiger charge is 2.36. The number of nitrogens with one attached hydrogen (secondary N) is 2. The van der Waals surface area contributed by atoms with E-state index in [-0.39, 0.29) is 17.7 Å². The van der Waals surface area contributed by atoms with Gasteiger partial charge in [0, 0.05) is 12.2 Å². The minimum absolute atomic E-state index is 0.118. The number of aryl methyl sites for hydroxylation is 1. The minimum atomic E-state index is -0.903. The van der Waals surface area contributed by atoms with Gasteiger partial charge in [-0.3, -0.25) is 9.59 Å². The first-order valence-electron chi connectivity index (χ1n) is 13.2. The maximum atomic E-state index is 14.1. The molecule has 0 aliphatic heterocycles. The molecule has 0 saturated heterocycles. The van der Waals surface area contributed by atoms with E-state index >= 15 is 0 Å². The van der Waals surface area contributed by atoms with Gasteiger partial charge < -0.3 is 25.0 Å². The summed E-state index contributed by atoms with van der Waals surface area (Å²) >= 11 is 0. The topological polar surface area (TPSA) is 97.0 Å². The highest BCUT2D eigenvalue weighted by atomic mass is 16.6. The molecule has 2 aromatic carbocycles. The molecule has 38 heavy (non-hydrogen) atoms. The number of alkyl carbamates (subject to hydrolysis) is 1. The maximum Gasteiger partial charge on any atom is 0.408 e. The summed E-state index contributed by atoms with van der Waals surface area (Å²) in [5, 5.41) is 5.72. The molecular weight excluding hydrogens is 482 g/mol. The average molecular weight is 526 g/mol. The van der Waals surface area contributed by atoms with Crippen LogP contribution in [0.2, 0.25) is 0 Å². The molecule has 0 radical (unpaired) electrons. The van der Waals surface area contributed by atoms with Gasteiger partial charge in [-0.15, -0.1) is 0 Å². The highest BCUT2D eigenvalue weighted by Crippen LogP contribution is 2.27. The predicted octanol–water partition coefficient (Wildman–Crippen LogP) is 5.86. The lowest BCUT2D eigenvalue weighted by molar-refractivity contribution is -0.141. The van der Waals surface area contributed by atoms with Crippen LogP contribution in [0.25, 0.3) is 0 Å². The van der Waals surface area contributed by atoms with E-state index < -0.39 is 23.8 Å². The van der Waals surface area contributed by atoms with Gasteiger partial charge in [0.15, 0.2) is 0 Å². The fourth-order valence-electron chi connectivity index (χ4n) is 4.15. The van der Waals surface area contributed by atoms with Crippen LogP contribution in [0.4, 0.5) is 10.5 Å². The van der Waals surface area contributed by atoms with Crippen LogP contribution in [0.1, 0.15) is 71.6 Å². The third-order valence-corrected chi connectivity index (χ3v) is 5.72. The molecule has 0 saturated carbocycles. The van der Waals surface area contributed by atoms with Crippen molar-refractivity contribution in [3.8, 4) is 5.75 Å². The third-order valence-electron chi connectivity index (χ3n) is 5.72. The smallest absolute Gasteiger partial charge is 0.408 e. The van der Waals surface area contributed by atoms with E-state index in [9.17, 15) is 14.4 Å². The van der Waals surface area contributed by atoms with Crippen LogP contribution < -0.4 is 15.4 Å². The van der Waals surface area contributed by atoms with Crippen LogP contribution >= 0.6 is 0 Å². The lowest BCUT2D eigenvalue weighted by Crippen LogP contribution is -2.53. The van der Waals surface area contributed by atoms with Crippen molar-refractivity contribution in [3.05, 3.63) is 59.7 Å². The van der Waals surface area contributed by atoms with Gasteiger partial charge in [0.2, 0.25) is 5.91 Å². The molecule has 0 fully saturated rings. The largest absolute Gasteiger partial charge is 0.497 e. The molecule has 0 heterocycles. The van der Waals surface area contributed by atoms with Crippen molar-refractivity contribution >= 4 is 23.6 Å². The molecule has 0 spiro atoms. The molecule has 208 valence electrons. The van der Waals surface area contributed by atoms with Gasteiger partial charge in [0.25, 0.3) is 5.91 Å². The second-order valence-corrected chi connectivity index (χ2v) is 10.9. The maximum absolute atomic E-state index is 14.1. The summed E-state index contributed by atoms with van der Waals surface area (Å²) in [6, 6.07) is 12.8. The Kier molecular flexibility index (Phi) is 11.2. The second-order valence-electron chi connectivity index (χ2n) is 10.9. The molecular formula is C30H43N3O5. The number of benzene rings is 2. The van der Waals surface area contributed by atoms with Crippen molar-refractivity contribution in [3.63, 3.8) is 0 Å². The molecule has 8 heteroatoms. The molecule has 2 N–H and O–H groups in total. The van der Waals surface area contributed by atoms with Crippen molar-refractivity contribution in [1.29, 1.82) is 0 Å². The van der Waals surface area contributed by atoms with Crippen molar-refractivity contribution in [1.82, 2.24) is 10.2 Å². The second kappa shape index (κ2) is 13.8. The summed E-state index contributed by atoms with van der Waals surface area (Å²) in [6.07, 6.45) is 0.367. The molecule has 8 nitrogen and oxygen atoms in total. The van der Waals surface area contributed by atoms with Crippen LogP contribution in [-0.4, -0.2) is 48.1 Å². The fourth-order valence-corrected chi connectivity index (χ4v) is 4.15. The average Bonchev–Trinajstić information content (AvgIpc) is 2.82. The number of hydrogen-bond acceptors (Lipinski definition) is 5. The summed E-state index contributed by atoms with van der Waals surface area (Å²) in [7, 11) is 1.58. The van der Waals surface area contributed by atoms with Crippen molar-refractivity contribution in [2.24, 2.45) is 5.92 Å². The molecule has 3 amide bonds. The molecule has 2 aromatic rings. The Labute approximate surface area is 227 Å². The predicted molar refractivity (Wildman–Crippen MR) is 150 cm³/mol. The highest BCUT2D eigenvalue weighted by molar-refractivity contribution is 5.99. The van der Waals surface area contributed by atoms with E-state index in [2.05, 4.69) is 10.6 Å². The van der Waals surface area contributed by atoms with E-state index in [1.54, 1.807) is 57.0 Å². The van der Waals surface area contributed by atoms with E-state index in [0.29, 0.717) is 36.4 Å². The lowest BCUT2D eigenvalue weighted by atomic mass is 9.98. The number of nitrogens with zero attached hydrogens (tertiary/aromatic N) is 1. The number of ether oxygens (including phenoxy) is 2. The quantitative estimate of drug-likeness (QED) is 0.383. The van der Waals surface area contributed by atoms with E-state index in [1.165, 1.54) is 0 Å². The zero-order valence-electron chi connectivity index (χ0n) is 24.0. The fraction of sp³-hybridized carbons (Fsp3) is 0.500. The zero-order valence-corrected chi connectivity index (χ0v) is 24.0. The number of anilines is 1. The Bertz CT molecular complexity index is 1080. The number of amides is 3. The van der Waals surface area contributed by atoms with Crippen LogP contribution in [0.15, 0.2) is 48.5 Å². The van der Waals surface area contributed by atoms with Gasteiger partial charge in [0.05, 0.1) is 7.11 Å². The van der Waals surface area contributed by atoms with E-state index in [4.69, 9.17) is 9.47 Å². The number of methoxy groups -OCH3 is 1. The zero-order chi connectivity index (χ0) is 28.5. The molecule has 0 bridgehead atoms. The summed E-state index contributed by atoms with van der Waals surface area (Å²) in [4.78, 5) is 42.1. The van der Waals surface area contributed by atoms with E-state index in [1.807, 2.05) is 52.0 Å². The van der Waals surface area contributed by atoms with Crippen molar-refractivity contribution in [2.45, 2.75) is 79.0 Å². The Morgan fingerprint density at radius 1 is 1.03 bits per heavy atom. The Hall–Kier alpha value is -3.55. The van der Waals surface area contributed by atoms with Gasteiger partial charge >= 0.3 is 6.09 Å². The van der Waals surface area contributed by atoms with Crippen LogP contribution in [0.3, 0.4) is 0 Å². The standard InChI is InChI=1S/C30H43N3O5/c1-9-17-33(28(35)25(18-20(2)3)32-29(36)38-30(5,6)7)26(22-12-10-11-21(4)19-22)27(34)31-23-13-15-24(37-8)16-14-23/h10-16,19-20,25-26H,9,17-18H2,1-8H3,(H,31,34)(H,32,36). The number of hydrogen-bond donors (Lipinski definition) is 2. The number of rotatable bonds is 11. The summed E-state index contributed by atoms with van der Waals surface area (Å²) < 4.78 is 10.7. The van der Waals surface area contributed by atoms with Gasteiger partial charge in [0.1, 0.15) is 23.4 Å². The van der Waals surface area contributed by atoms with Crippen LogP contribution in [-0.2, 0) is 14.3 Å². The molecule has 0 aliphatic rings. The van der Waals surface area contributed by atoms with Crippen LogP contribution in [0.5, 0.6) is 5.75 Å². The van der Waals surface area contributed by atoms with Crippen molar-refractivity contribution in [2.75, 3.05) is 19.0 Å². The normalized spacial score (nSPS) is 12.9. The molecule has 2 unspecified atom stereocenters. The summed E-state index contributed by atoms with van der Waals surface area (Å²) in [5.74, 6) is 0.115. The first kappa shape index (κ1) is 30.7. The summed E-state index contributed by atoms with van der Waals surface area (Å²) in [6.45, 7) is 13.5. The molecule has 0 aliphatic carbocycles. The first-order chi connectivity index (χ1) is 17.8. The lowest BCUT2D eigenvalue weighted by Gasteiger charge is -2.35. The molecule has 2 atom stereocenters. The molecule has 0 aromatic heterocycles. The van der Waals surface area contributed by atoms with E-state index in [0.717, 1.165) is 5.56 Å². The van der Waals surface area contributed by atoms with Crippen molar-refractivity contribution < 1.29 is 23.9 Å². The monoisotopic (exact) mass is 525 g/mol. The minimum Gasteiger partial charge on any atom is -0.497 e. The van der Waals surface area contributed by atoms with Gasteiger partial charge in [-0.1, -0.05) is 50.6 Å². The van der Waals surface area contributed by atoms with Gasteiger partial charge in [-0.05, 0) is 76.3 Å². The third kappa shape index (κ3) is 9.39. The Balaban J connectivity index is 2.47. The number of carbonyl (C=O) groups excluding carboxylic acids is 3.